The molecule has 9 heteroatoms. The molecule has 2 N–H and O–H groups in total. The highest BCUT2D eigenvalue weighted by atomic mass is 19.4. The Morgan fingerprint density at radius 3 is 2.28 bits per heavy atom. The number of hydrogen-bond donors (Lipinski definition) is 2. The van der Waals surface area contributed by atoms with Crippen LogP contribution in [-0.2, 0) is 4.79 Å². The molecule has 0 saturated carbocycles. The molecule has 2 rings (SSSR count). The van der Waals surface area contributed by atoms with Crippen LogP contribution in [0, 0.1) is 6.92 Å². The van der Waals surface area contributed by atoms with E-state index >= 15 is 0 Å². The number of rotatable bonds is 4. The van der Waals surface area contributed by atoms with Crippen LogP contribution in [0.1, 0.15) is 28.6 Å². The summed E-state index contributed by atoms with van der Waals surface area (Å²) in [6.07, 6.45) is -3.57. The zero-order chi connectivity index (χ0) is 18.6. The molecule has 0 spiro atoms. The van der Waals surface area contributed by atoms with E-state index in [9.17, 15) is 22.8 Å². The van der Waals surface area contributed by atoms with E-state index in [1.807, 2.05) is 0 Å². The second-order valence-electron chi connectivity index (χ2n) is 5.06. The zero-order valence-electron chi connectivity index (χ0n) is 13.3. The van der Waals surface area contributed by atoms with Gasteiger partial charge in [0.15, 0.2) is 0 Å². The van der Waals surface area contributed by atoms with Crippen molar-refractivity contribution in [3.63, 3.8) is 0 Å². The van der Waals surface area contributed by atoms with Crippen molar-refractivity contribution in [2.45, 2.75) is 20.0 Å². The second kappa shape index (κ2) is 7.20. The van der Waals surface area contributed by atoms with Gasteiger partial charge in [-0.15, -0.1) is 0 Å². The summed E-state index contributed by atoms with van der Waals surface area (Å²) in [5.41, 5.74) is 3.71. The van der Waals surface area contributed by atoms with Crippen molar-refractivity contribution in [3.05, 3.63) is 53.5 Å². The first-order valence-corrected chi connectivity index (χ1v) is 7.06. The Morgan fingerprint density at radius 1 is 1.12 bits per heavy atom. The smallest absolute Gasteiger partial charge is 0.469 e. The van der Waals surface area contributed by atoms with Gasteiger partial charge in [-0.2, -0.15) is 18.3 Å². The number of nitrogens with zero attached hydrogens (tertiary/aromatic N) is 1. The minimum absolute atomic E-state index is 0.00284. The van der Waals surface area contributed by atoms with Crippen LogP contribution in [0.4, 0.5) is 18.9 Å². The van der Waals surface area contributed by atoms with E-state index in [1.165, 1.54) is 36.6 Å². The molecule has 25 heavy (non-hydrogen) atoms. The van der Waals surface area contributed by atoms with Crippen molar-refractivity contribution >= 4 is 23.2 Å². The fourth-order valence-corrected chi connectivity index (χ4v) is 1.88. The number of furan rings is 1. The number of hydrogen-bond acceptors (Lipinski definition) is 4. The van der Waals surface area contributed by atoms with Crippen LogP contribution in [0.15, 0.2) is 46.1 Å². The Balaban J connectivity index is 2.02. The molecule has 6 nitrogen and oxygen atoms in total. The third-order valence-electron chi connectivity index (χ3n) is 3.25. The number of halogens is 3. The Morgan fingerprint density at radius 2 is 1.76 bits per heavy atom. The summed E-state index contributed by atoms with van der Waals surface area (Å²) in [5.74, 6) is -2.04. The molecule has 0 atom stereocenters. The van der Waals surface area contributed by atoms with E-state index in [2.05, 4.69) is 10.5 Å². The van der Waals surface area contributed by atoms with Crippen molar-refractivity contribution in [2.24, 2.45) is 5.10 Å². The van der Waals surface area contributed by atoms with Gasteiger partial charge in [-0.05, 0) is 37.6 Å². The topological polar surface area (TPSA) is 83.7 Å². The second-order valence-corrected chi connectivity index (χ2v) is 5.06. The van der Waals surface area contributed by atoms with Gasteiger partial charge in [0.25, 0.3) is 5.91 Å². The SMILES string of the molecule is CC(=NNC(=O)c1ccoc1C)c1ccc(NC(=O)C(F)(F)F)cc1. The highest BCUT2D eigenvalue weighted by Gasteiger charge is 2.38. The summed E-state index contributed by atoms with van der Waals surface area (Å²) < 4.78 is 41.6. The van der Waals surface area contributed by atoms with Crippen molar-refractivity contribution in [1.82, 2.24) is 5.43 Å². The molecule has 0 aliphatic carbocycles. The maximum atomic E-state index is 12.2. The van der Waals surface area contributed by atoms with E-state index < -0.39 is 18.0 Å². The molecule has 2 amide bonds. The number of carbonyl (C=O) groups excluding carboxylic acids is 2. The van der Waals surface area contributed by atoms with Crippen LogP contribution in [0.2, 0.25) is 0 Å². The first-order chi connectivity index (χ1) is 11.7. The first kappa shape index (κ1) is 18.2. The fraction of sp³-hybridized carbons (Fsp3) is 0.188. The lowest BCUT2D eigenvalue weighted by Gasteiger charge is -2.08. The van der Waals surface area contributed by atoms with Crippen molar-refractivity contribution in [3.8, 4) is 0 Å². The van der Waals surface area contributed by atoms with Gasteiger partial charge in [0, 0.05) is 5.69 Å². The normalized spacial score (nSPS) is 12.0. The van der Waals surface area contributed by atoms with Gasteiger partial charge in [-0.25, -0.2) is 5.43 Å². The van der Waals surface area contributed by atoms with Gasteiger partial charge in [-0.1, -0.05) is 12.1 Å². The van der Waals surface area contributed by atoms with Crippen LogP contribution in [0.3, 0.4) is 0 Å². The van der Waals surface area contributed by atoms with E-state index in [1.54, 1.807) is 19.2 Å². The molecular formula is C16H14F3N3O3. The minimum Gasteiger partial charge on any atom is -0.469 e. The molecule has 0 radical (unpaired) electrons. The van der Waals surface area contributed by atoms with Crippen LogP contribution in [-0.4, -0.2) is 23.7 Å². The van der Waals surface area contributed by atoms with Crippen molar-refractivity contribution in [1.29, 1.82) is 0 Å². The summed E-state index contributed by atoms with van der Waals surface area (Å²) in [5, 5.41) is 5.67. The molecule has 0 unspecified atom stereocenters. The molecular weight excluding hydrogens is 339 g/mol. The summed E-state index contributed by atoms with van der Waals surface area (Å²) in [4.78, 5) is 22.8. The molecule has 132 valence electrons. The average Bonchev–Trinajstić information content (AvgIpc) is 2.98. The molecule has 0 aliphatic heterocycles. The summed E-state index contributed by atoms with van der Waals surface area (Å²) in [7, 11) is 0. The van der Waals surface area contributed by atoms with E-state index in [0.29, 0.717) is 22.6 Å². The number of anilines is 1. The molecule has 0 fully saturated rings. The quantitative estimate of drug-likeness (QED) is 0.654. The van der Waals surface area contributed by atoms with Gasteiger partial charge >= 0.3 is 12.1 Å². The minimum atomic E-state index is -4.95. The molecule has 2 aromatic rings. The highest BCUT2D eigenvalue weighted by molar-refractivity contribution is 6.01. The van der Waals surface area contributed by atoms with Gasteiger partial charge in [-0.3, -0.25) is 9.59 Å². The molecule has 0 saturated heterocycles. The number of alkyl halides is 3. The Bertz CT molecular complexity index is 808. The van der Waals surface area contributed by atoms with Gasteiger partial charge in [0.05, 0.1) is 17.5 Å². The molecule has 1 heterocycles. The first-order valence-electron chi connectivity index (χ1n) is 7.06. The molecule has 1 aromatic heterocycles. The number of amides is 2. The molecule has 0 bridgehead atoms. The fourth-order valence-electron chi connectivity index (χ4n) is 1.88. The van der Waals surface area contributed by atoms with Crippen LogP contribution in [0.25, 0.3) is 0 Å². The number of nitrogens with one attached hydrogen (secondary N) is 2. The average molecular weight is 353 g/mol. The monoisotopic (exact) mass is 353 g/mol. The van der Waals surface area contributed by atoms with Gasteiger partial charge in [0.2, 0.25) is 0 Å². The van der Waals surface area contributed by atoms with Crippen molar-refractivity contribution in [2.75, 3.05) is 5.32 Å². The maximum Gasteiger partial charge on any atom is 0.471 e. The number of benzene rings is 1. The maximum absolute atomic E-state index is 12.2. The number of aryl methyl sites for hydroxylation is 1. The van der Waals surface area contributed by atoms with Crippen molar-refractivity contribution < 1.29 is 27.2 Å². The van der Waals surface area contributed by atoms with Gasteiger partial charge in [0.1, 0.15) is 5.76 Å². The van der Waals surface area contributed by atoms with E-state index in [4.69, 9.17) is 4.42 Å². The van der Waals surface area contributed by atoms with E-state index in [0.717, 1.165) is 0 Å². The number of carbonyl (C=O) groups is 2. The highest BCUT2D eigenvalue weighted by Crippen LogP contribution is 2.18. The van der Waals surface area contributed by atoms with Crippen LogP contribution < -0.4 is 10.7 Å². The largest absolute Gasteiger partial charge is 0.471 e. The van der Waals surface area contributed by atoms with Gasteiger partial charge < -0.3 is 9.73 Å². The van der Waals surface area contributed by atoms with E-state index in [-0.39, 0.29) is 5.69 Å². The summed E-state index contributed by atoms with van der Waals surface area (Å²) >= 11 is 0. The zero-order valence-corrected chi connectivity index (χ0v) is 13.3. The summed E-state index contributed by atoms with van der Waals surface area (Å²) in [6.45, 7) is 3.26. The molecule has 1 aromatic carbocycles. The lowest BCUT2D eigenvalue weighted by molar-refractivity contribution is -0.167. The predicted molar refractivity (Wildman–Crippen MR) is 84.2 cm³/mol. The molecule has 0 aliphatic rings. The predicted octanol–water partition coefficient (Wildman–Crippen LogP) is 3.24. The Hall–Kier alpha value is -3.10. The third-order valence-corrected chi connectivity index (χ3v) is 3.25. The lowest BCUT2D eigenvalue weighted by Crippen LogP contribution is -2.29. The Labute approximate surface area is 140 Å². The third kappa shape index (κ3) is 4.69. The standard InChI is InChI=1S/C16H14F3N3O3/c1-9(21-22-14(23)13-7-8-25-10(13)2)11-3-5-12(6-4-11)20-15(24)16(17,18)19/h3-8H,1-2H3,(H,20,24)(H,22,23). The summed E-state index contributed by atoms with van der Waals surface area (Å²) in [6, 6.07) is 7.06. The van der Waals surface area contributed by atoms with Crippen LogP contribution in [0.5, 0.6) is 0 Å². The number of hydrazone groups is 1. The lowest BCUT2D eigenvalue weighted by atomic mass is 10.1. The Kier molecular flexibility index (Phi) is 5.26. The van der Waals surface area contributed by atoms with Crippen LogP contribution >= 0.6 is 0 Å².